The van der Waals surface area contributed by atoms with Gasteiger partial charge in [0.25, 0.3) is 0 Å². The van der Waals surface area contributed by atoms with E-state index >= 15 is 0 Å². The van der Waals surface area contributed by atoms with Gasteiger partial charge < -0.3 is 24.5 Å². The number of alkyl halides is 1. The second-order valence-electron chi connectivity index (χ2n) is 11.8. The Hall–Kier alpha value is -3.87. The number of likely N-dealkylation sites (tertiary alicyclic amines) is 1. The van der Waals surface area contributed by atoms with E-state index in [1.54, 1.807) is 31.5 Å². The molecule has 2 aromatic carbocycles. The van der Waals surface area contributed by atoms with Crippen LogP contribution in [0.5, 0.6) is 0 Å². The number of para-hydroxylation sites is 2. The van der Waals surface area contributed by atoms with Crippen LogP contribution in [0.4, 0.5) is 5.69 Å². The Morgan fingerprint density at radius 3 is 2.53 bits per heavy atom. The lowest BCUT2D eigenvalue weighted by Gasteiger charge is -2.37. The van der Waals surface area contributed by atoms with Crippen LogP contribution in [0, 0.1) is 11.8 Å². The zero-order valence-corrected chi connectivity index (χ0v) is 26.5. The van der Waals surface area contributed by atoms with Gasteiger partial charge in [-0.2, -0.15) is 0 Å². The van der Waals surface area contributed by atoms with E-state index in [9.17, 15) is 19.5 Å². The van der Waals surface area contributed by atoms with Crippen LogP contribution >= 0.6 is 15.9 Å². The molecule has 45 heavy (non-hydrogen) atoms. The fourth-order valence-electron chi connectivity index (χ4n) is 7.29. The number of anilines is 1. The highest BCUT2D eigenvalue weighted by Gasteiger charge is 2.76. The molecule has 12 heteroatoms. The van der Waals surface area contributed by atoms with Gasteiger partial charge in [-0.15, -0.1) is 18.3 Å². The van der Waals surface area contributed by atoms with Gasteiger partial charge in [-0.25, -0.2) is 4.68 Å². The summed E-state index contributed by atoms with van der Waals surface area (Å²) in [5, 5.41) is 18.0. The standard InChI is InChI=1S/C33H37BrN6O5/c1-3-16-37(21-40-25-15-9-8-14-24(25)35-36-40)32(44)29-33-20-23(34)28(45-33)26(27(33)31(43)39(29)18-10-11-19-41)30(42)38(17-4-2)22-12-6-5-7-13-22/h3-9,12-15,23,26-29,41H,1-2,10-11,16-21H2/t23?,26-,27+,28-,29?,33?/m1/s1. The molecule has 3 aromatic rings. The second kappa shape index (κ2) is 12.9. The van der Waals surface area contributed by atoms with Crippen molar-refractivity contribution in [3.05, 3.63) is 79.9 Å². The van der Waals surface area contributed by atoms with E-state index in [4.69, 9.17) is 4.74 Å². The highest BCUT2D eigenvalue weighted by molar-refractivity contribution is 9.09. The van der Waals surface area contributed by atoms with Crippen molar-refractivity contribution in [2.45, 2.75) is 48.5 Å². The first kappa shape index (κ1) is 31.1. The molecule has 3 saturated heterocycles. The van der Waals surface area contributed by atoms with Crippen molar-refractivity contribution in [2.24, 2.45) is 11.8 Å². The fraction of sp³-hybridized carbons (Fsp3) is 0.424. The average molecular weight is 678 g/mol. The SMILES string of the molecule is C=CCN(Cn1nnc2ccccc21)C(=O)C1N(CCCCO)C(=O)[C@@H]2[C@@H](C(=O)N(CC=C)c3ccccc3)[C@@H]3OC12CC3Br. The third-order valence-electron chi connectivity index (χ3n) is 9.15. The number of aliphatic hydroxyl groups excluding tert-OH is 1. The smallest absolute Gasteiger partial charge is 0.250 e. The van der Waals surface area contributed by atoms with Gasteiger partial charge >= 0.3 is 0 Å². The molecule has 3 aliphatic heterocycles. The summed E-state index contributed by atoms with van der Waals surface area (Å²) in [7, 11) is 0. The maximum Gasteiger partial charge on any atom is 0.250 e. The van der Waals surface area contributed by atoms with E-state index in [1.165, 1.54) is 0 Å². The van der Waals surface area contributed by atoms with Crippen molar-refractivity contribution in [2.75, 3.05) is 31.1 Å². The maximum absolute atomic E-state index is 14.7. The summed E-state index contributed by atoms with van der Waals surface area (Å²) in [5.74, 6) is -2.48. The lowest BCUT2D eigenvalue weighted by Crippen LogP contribution is -2.57. The molecule has 1 spiro atoms. The van der Waals surface area contributed by atoms with Gasteiger partial charge in [-0.05, 0) is 43.5 Å². The Labute approximate surface area is 270 Å². The number of hydrogen-bond donors (Lipinski definition) is 1. The Morgan fingerprint density at radius 1 is 1.07 bits per heavy atom. The van der Waals surface area contributed by atoms with Crippen LogP contribution in [0.2, 0.25) is 0 Å². The molecule has 1 N–H and O–H groups in total. The van der Waals surface area contributed by atoms with Gasteiger partial charge in [0.15, 0.2) is 0 Å². The first-order valence-electron chi connectivity index (χ1n) is 15.2. The number of benzene rings is 2. The highest BCUT2D eigenvalue weighted by Crippen LogP contribution is 2.60. The van der Waals surface area contributed by atoms with Crippen LogP contribution in [-0.4, -0.2) is 96.4 Å². The molecule has 0 radical (unpaired) electrons. The number of aliphatic hydroxyl groups is 1. The Balaban J connectivity index is 1.38. The molecule has 1 aromatic heterocycles. The van der Waals surface area contributed by atoms with Crippen LogP contribution in [0.3, 0.4) is 0 Å². The number of carbonyl (C=O) groups is 3. The van der Waals surface area contributed by atoms with Crippen molar-refractivity contribution in [3.8, 4) is 0 Å². The van der Waals surface area contributed by atoms with E-state index < -0.39 is 29.6 Å². The number of nitrogens with zero attached hydrogens (tertiary/aromatic N) is 6. The summed E-state index contributed by atoms with van der Waals surface area (Å²) in [4.78, 5) is 48.2. The van der Waals surface area contributed by atoms with Gasteiger partial charge in [0, 0.05) is 36.8 Å². The lowest BCUT2D eigenvalue weighted by molar-refractivity contribution is -0.149. The van der Waals surface area contributed by atoms with Gasteiger partial charge in [0.1, 0.15) is 23.8 Å². The molecule has 0 saturated carbocycles. The first-order valence-corrected chi connectivity index (χ1v) is 16.2. The molecule has 2 bridgehead atoms. The van der Waals surface area contributed by atoms with Gasteiger partial charge in [-0.3, -0.25) is 14.4 Å². The van der Waals surface area contributed by atoms with Crippen LogP contribution in [-0.2, 0) is 25.8 Å². The number of amides is 3. The molecule has 3 amide bonds. The van der Waals surface area contributed by atoms with Crippen molar-refractivity contribution in [1.82, 2.24) is 24.8 Å². The molecule has 3 aliphatic rings. The minimum Gasteiger partial charge on any atom is -0.396 e. The van der Waals surface area contributed by atoms with E-state index in [-0.39, 0.29) is 55.5 Å². The summed E-state index contributed by atoms with van der Waals surface area (Å²) in [6.45, 7) is 8.50. The predicted octanol–water partition coefficient (Wildman–Crippen LogP) is 3.14. The summed E-state index contributed by atoms with van der Waals surface area (Å²) in [5.41, 5.74) is 0.950. The zero-order valence-electron chi connectivity index (χ0n) is 25.0. The number of aromatic nitrogens is 3. The van der Waals surface area contributed by atoms with Crippen LogP contribution in [0.15, 0.2) is 79.9 Å². The number of rotatable bonds is 13. The van der Waals surface area contributed by atoms with E-state index in [0.717, 1.165) is 5.52 Å². The molecule has 0 aliphatic carbocycles. The number of hydrogen-bond acceptors (Lipinski definition) is 7. The predicted molar refractivity (Wildman–Crippen MR) is 172 cm³/mol. The minimum absolute atomic E-state index is 0.0338. The lowest BCUT2D eigenvalue weighted by atomic mass is 9.70. The Morgan fingerprint density at radius 2 is 1.80 bits per heavy atom. The molecule has 3 fully saturated rings. The molecule has 4 heterocycles. The number of unbranched alkanes of at least 4 members (excludes halogenated alkanes) is 1. The molecule has 6 rings (SSSR count). The molecule has 6 atom stereocenters. The Kier molecular flexibility index (Phi) is 8.89. The molecular weight excluding hydrogens is 640 g/mol. The summed E-state index contributed by atoms with van der Waals surface area (Å²) >= 11 is 3.76. The average Bonchev–Trinajstić information content (AvgIpc) is 3.77. The fourth-order valence-corrected chi connectivity index (χ4v) is 8.24. The normalized spacial score (nSPS) is 26.7. The van der Waals surface area contributed by atoms with Crippen molar-refractivity contribution in [1.29, 1.82) is 0 Å². The van der Waals surface area contributed by atoms with Crippen LogP contribution in [0.25, 0.3) is 11.0 Å². The third-order valence-corrected chi connectivity index (χ3v) is 9.99. The van der Waals surface area contributed by atoms with Gasteiger partial charge in [-0.1, -0.05) is 63.6 Å². The molecule has 236 valence electrons. The van der Waals surface area contributed by atoms with Gasteiger partial charge in [0.2, 0.25) is 17.7 Å². The van der Waals surface area contributed by atoms with E-state index in [0.29, 0.717) is 30.5 Å². The number of fused-ring (bicyclic) bond motifs is 2. The molecular formula is C33H37BrN6O5. The summed E-state index contributed by atoms with van der Waals surface area (Å²) in [6, 6.07) is 15.8. The van der Waals surface area contributed by atoms with Crippen LogP contribution in [0.1, 0.15) is 19.3 Å². The van der Waals surface area contributed by atoms with Crippen molar-refractivity contribution in [3.63, 3.8) is 0 Å². The topological polar surface area (TPSA) is 121 Å². The summed E-state index contributed by atoms with van der Waals surface area (Å²) < 4.78 is 8.38. The zero-order chi connectivity index (χ0) is 31.7. The van der Waals surface area contributed by atoms with E-state index in [1.807, 2.05) is 54.6 Å². The van der Waals surface area contributed by atoms with Crippen molar-refractivity contribution < 1.29 is 24.2 Å². The monoisotopic (exact) mass is 676 g/mol. The quantitative estimate of drug-likeness (QED) is 0.168. The number of carbonyl (C=O) groups excluding carboxylic acids is 3. The maximum atomic E-state index is 14.7. The Bertz CT molecular complexity index is 1600. The van der Waals surface area contributed by atoms with Crippen LogP contribution < -0.4 is 4.90 Å². The molecule has 11 nitrogen and oxygen atoms in total. The van der Waals surface area contributed by atoms with E-state index in [2.05, 4.69) is 39.4 Å². The minimum atomic E-state index is -1.22. The second-order valence-corrected chi connectivity index (χ2v) is 12.9. The van der Waals surface area contributed by atoms with Gasteiger partial charge in [0.05, 0.1) is 23.5 Å². The first-order chi connectivity index (χ1) is 21.9. The third kappa shape index (κ3) is 5.28. The highest BCUT2D eigenvalue weighted by atomic mass is 79.9. The summed E-state index contributed by atoms with van der Waals surface area (Å²) in [6.07, 6.45) is 4.06. The number of ether oxygens (including phenoxy) is 1. The molecule has 3 unspecified atom stereocenters. The number of halogens is 1. The van der Waals surface area contributed by atoms with Crippen molar-refractivity contribution >= 4 is 50.4 Å². The largest absolute Gasteiger partial charge is 0.396 e.